The highest BCUT2D eigenvalue weighted by atomic mass is 32.3. The SMILES string of the molecule is CC(=O)N[C@@H]1[C@@H](O[C@@H]2O[C@H](CO)[C@H](O)[C@H](O[C@@H]3O[C@H](COS(=O)(=O)O)[C@@H](O[C@@H]4O[C@H](CO[C@]5(C(=O)O)C[C@H](O)[C@@H](NC(C)=O)[C@H]([C@H](O)[C@H](O)CO)O5)[C@H](O)[C@H](O)[C@H]4O)[C@H](O)[C@H]3NC(C)=O)[C@H]2O)[C@@H](O)[C@@H](CO[C@]2(C(=O)O)C[C@H](O)[C@@H](NC(C)=O)[C@H]([C@H](O)[C@H](O)CO)O2)O[C@@H]1O. The zero-order chi connectivity index (χ0) is 71.3. The lowest BCUT2D eigenvalue weighted by Crippen LogP contribution is -2.70. The van der Waals surface area contributed by atoms with Crippen molar-refractivity contribution in [3.63, 3.8) is 0 Å². The molecule has 0 radical (unpaired) electrons. The maximum absolute atomic E-state index is 12.9. The van der Waals surface area contributed by atoms with Crippen molar-refractivity contribution in [2.45, 2.75) is 236 Å². The number of aliphatic carboxylic acids is 2. The number of aliphatic hydroxyl groups excluding tert-OH is 17. The first kappa shape index (κ1) is 79.6. The van der Waals surface area contributed by atoms with E-state index in [1.165, 1.54) is 0 Å². The number of hydrogen-bond donors (Lipinski definition) is 24. The van der Waals surface area contributed by atoms with E-state index in [-0.39, 0.29) is 0 Å². The fourth-order valence-corrected chi connectivity index (χ4v) is 11.8. The van der Waals surface area contributed by atoms with Gasteiger partial charge < -0.3 is 170 Å². The maximum Gasteiger partial charge on any atom is 0.397 e. The van der Waals surface area contributed by atoms with Gasteiger partial charge in [0.15, 0.2) is 25.2 Å². The number of amides is 4. The molecule has 548 valence electrons. The molecule has 4 amide bonds. The summed E-state index contributed by atoms with van der Waals surface area (Å²) in [5, 5.41) is 216. The molecular formula is C50H82N4O40S. The molecule has 44 nitrogen and oxygen atoms in total. The Morgan fingerprint density at radius 2 is 0.874 bits per heavy atom. The van der Waals surface area contributed by atoms with E-state index in [1.807, 2.05) is 0 Å². The zero-order valence-corrected chi connectivity index (χ0v) is 51.3. The third kappa shape index (κ3) is 18.7. The molecule has 6 aliphatic rings. The Hall–Kier alpha value is -4.43. The molecule has 6 fully saturated rings. The van der Waals surface area contributed by atoms with Crippen LogP contribution in [0.25, 0.3) is 0 Å². The molecule has 0 aromatic heterocycles. The van der Waals surface area contributed by atoms with E-state index in [9.17, 15) is 139 Å². The number of carboxylic acids is 2. The number of ether oxygens (including phenoxy) is 11. The van der Waals surface area contributed by atoms with Gasteiger partial charge in [-0.2, -0.15) is 8.42 Å². The van der Waals surface area contributed by atoms with Crippen LogP contribution in [-0.4, -0.2) is 380 Å². The van der Waals surface area contributed by atoms with Gasteiger partial charge in [0.2, 0.25) is 23.6 Å². The van der Waals surface area contributed by atoms with Crippen LogP contribution in [0.4, 0.5) is 0 Å². The van der Waals surface area contributed by atoms with Gasteiger partial charge in [-0.1, -0.05) is 0 Å². The van der Waals surface area contributed by atoms with Crippen LogP contribution in [0.1, 0.15) is 40.5 Å². The summed E-state index contributed by atoms with van der Waals surface area (Å²) in [5.74, 6) is -13.9. The molecule has 6 rings (SSSR count). The van der Waals surface area contributed by atoms with Crippen LogP contribution in [0.2, 0.25) is 0 Å². The molecule has 45 heteroatoms. The van der Waals surface area contributed by atoms with Crippen LogP contribution in [0, 0.1) is 0 Å². The summed E-state index contributed by atoms with van der Waals surface area (Å²) in [4.78, 5) is 75.2. The maximum atomic E-state index is 12.9. The fraction of sp³-hybridized carbons (Fsp3) is 0.880. The lowest BCUT2D eigenvalue weighted by atomic mass is 9.88. The topological polar surface area (TPSA) is 700 Å². The van der Waals surface area contributed by atoms with Crippen LogP contribution >= 0.6 is 0 Å². The first-order valence-corrected chi connectivity index (χ1v) is 30.4. The highest BCUT2D eigenvalue weighted by Crippen LogP contribution is 2.39. The normalized spacial score (nSPS) is 42.3. The largest absolute Gasteiger partial charge is 0.477 e. The second kappa shape index (κ2) is 33.2. The number of hydrogen-bond acceptors (Lipinski definition) is 37. The zero-order valence-electron chi connectivity index (χ0n) is 50.5. The van der Waals surface area contributed by atoms with Crippen molar-refractivity contribution in [1.29, 1.82) is 0 Å². The predicted molar refractivity (Wildman–Crippen MR) is 290 cm³/mol. The van der Waals surface area contributed by atoms with Gasteiger partial charge in [0.05, 0.1) is 63.9 Å². The minimum Gasteiger partial charge on any atom is -0.477 e. The van der Waals surface area contributed by atoms with E-state index < -0.39 is 294 Å². The van der Waals surface area contributed by atoms with Crippen LogP contribution in [-0.2, 0) is 95.5 Å². The van der Waals surface area contributed by atoms with Gasteiger partial charge >= 0.3 is 22.3 Å². The number of aliphatic hydroxyl groups is 17. The van der Waals surface area contributed by atoms with Crippen molar-refractivity contribution in [3.05, 3.63) is 0 Å². The van der Waals surface area contributed by atoms with Crippen molar-refractivity contribution in [1.82, 2.24) is 21.3 Å². The van der Waals surface area contributed by atoms with E-state index >= 15 is 0 Å². The van der Waals surface area contributed by atoms with Gasteiger partial charge in [-0.05, 0) is 0 Å². The lowest BCUT2D eigenvalue weighted by molar-refractivity contribution is -0.378. The highest BCUT2D eigenvalue weighted by molar-refractivity contribution is 7.80. The van der Waals surface area contributed by atoms with E-state index in [4.69, 9.17) is 52.1 Å². The minimum absolute atomic E-state index is 0.833. The molecule has 95 heavy (non-hydrogen) atoms. The molecule has 6 aliphatic heterocycles. The monoisotopic (exact) mass is 1410 g/mol. The summed E-state index contributed by atoms with van der Waals surface area (Å²) in [6, 6.07) is -7.35. The number of rotatable bonds is 28. The molecular weight excluding hydrogens is 1330 g/mol. The van der Waals surface area contributed by atoms with Gasteiger partial charge in [-0.25, -0.2) is 13.8 Å². The number of nitrogens with one attached hydrogen (secondary N) is 4. The van der Waals surface area contributed by atoms with Crippen LogP contribution in [0.15, 0.2) is 0 Å². The Morgan fingerprint density at radius 3 is 1.32 bits per heavy atom. The number of carbonyl (C=O) groups is 6. The Bertz CT molecular complexity index is 2710. The molecule has 0 aromatic carbocycles. The summed E-state index contributed by atoms with van der Waals surface area (Å²) in [6.07, 6.45) is -59.8. The fourth-order valence-electron chi connectivity index (χ4n) is 11.4. The molecule has 0 unspecified atom stereocenters. The summed E-state index contributed by atoms with van der Waals surface area (Å²) in [7, 11) is -5.52. The predicted octanol–water partition coefficient (Wildman–Crippen LogP) is -15.3. The van der Waals surface area contributed by atoms with Crippen LogP contribution in [0.3, 0.4) is 0 Å². The molecule has 0 aromatic rings. The van der Waals surface area contributed by atoms with Crippen molar-refractivity contribution in [2.24, 2.45) is 0 Å². The highest BCUT2D eigenvalue weighted by Gasteiger charge is 2.61. The summed E-state index contributed by atoms with van der Waals surface area (Å²) >= 11 is 0. The summed E-state index contributed by atoms with van der Waals surface area (Å²) in [6.45, 7) is -3.70. The molecule has 0 bridgehead atoms. The number of carbonyl (C=O) groups excluding carboxylic acids is 4. The Morgan fingerprint density at radius 1 is 0.474 bits per heavy atom. The smallest absolute Gasteiger partial charge is 0.397 e. The molecule has 0 spiro atoms. The average molecular weight is 1410 g/mol. The van der Waals surface area contributed by atoms with E-state index in [0.29, 0.717) is 0 Å². The molecule has 24 N–H and O–H groups in total. The second-order valence-corrected chi connectivity index (χ2v) is 24.2. The second-order valence-electron chi connectivity index (χ2n) is 23.2. The van der Waals surface area contributed by atoms with Crippen molar-refractivity contribution >= 4 is 46.0 Å². The van der Waals surface area contributed by atoms with Gasteiger partial charge in [0, 0.05) is 40.5 Å². The van der Waals surface area contributed by atoms with E-state index in [1.54, 1.807) is 0 Å². The molecule has 0 aliphatic carbocycles. The Balaban J connectivity index is 1.26. The molecule has 32 atom stereocenters. The van der Waals surface area contributed by atoms with Gasteiger partial charge in [-0.3, -0.25) is 23.7 Å². The van der Waals surface area contributed by atoms with Crippen LogP contribution < -0.4 is 21.3 Å². The Labute approximate surface area is 536 Å². The summed E-state index contributed by atoms with van der Waals surface area (Å²) < 4.78 is 101. The third-order valence-corrected chi connectivity index (χ3v) is 16.6. The third-order valence-electron chi connectivity index (χ3n) is 16.2. The summed E-state index contributed by atoms with van der Waals surface area (Å²) in [5.41, 5.74) is 0. The van der Waals surface area contributed by atoms with Gasteiger partial charge in [-0.15, -0.1) is 0 Å². The molecule has 0 saturated carbocycles. The van der Waals surface area contributed by atoms with Crippen LogP contribution in [0.5, 0.6) is 0 Å². The first-order valence-electron chi connectivity index (χ1n) is 29.0. The van der Waals surface area contributed by atoms with Crippen molar-refractivity contribution < 1.29 is 195 Å². The van der Waals surface area contributed by atoms with E-state index in [2.05, 4.69) is 25.5 Å². The first-order chi connectivity index (χ1) is 44.2. The minimum atomic E-state index is -5.52. The van der Waals surface area contributed by atoms with Crippen molar-refractivity contribution in [2.75, 3.05) is 39.6 Å². The van der Waals surface area contributed by atoms with Gasteiger partial charge in [0.1, 0.15) is 134 Å². The standard InChI is InChI=1S/C50H82N4O40S/c1-13(58)51-25-17(62)5-49(47(76)77,93-40(25)29(66)19(64)7-55)83-10-22-31(68)35(72)36(73)45(88-22)90-38-24(12-85-95(80,81)82)89-44(27(34(38)71)53-15(3)60)92-42-32(69)21(9-57)87-46(37(42)74)91-39-28(54-16(4)61)43(75)86-23(33(39)70)11-84-50(48(78)79)6-18(63)26(52-14(2)59)41(94-50)30(67)20(65)8-56/h17-46,55-57,62-75H,5-12H2,1-4H3,(H,51,58)(H,52,59)(H,53,60)(H,54,61)(H,76,77)(H,78,79)(H,80,81,82)/t17-,18-,19+,20+,21+,22+,23+,24+,25+,26+,27+,28+,29+,30+,31-,32-,33-,34+,35-,36+,37+,38+,39+,40+,41+,42-,43-,44-,45-,46-,49+,50+/m0/s1. The average Bonchev–Trinajstić information content (AvgIpc) is 0.785. The van der Waals surface area contributed by atoms with Crippen molar-refractivity contribution in [3.8, 4) is 0 Å². The lowest BCUT2D eigenvalue weighted by Gasteiger charge is -2.50. The quantitative estimate of drug-likeness (QED) is 0.0324. The van der Waals surface area contributed by atoms with E-state index in [0.717, 1.165) is 27.7 Å². The molecule has 6 saturated heterocycles. The molecule has 6 heterocycles. The Kier molecular flexibility index (Phi) is 27.8. The number of carboxylic acid groups (broad SMARTS) is 2. The van der Waals surface area contributed by atoms with Gasteiger partial charge in [0.25, 0.3) is 11.6 Å².